The van der Waals surface area contributed by atoms with E-state index in [0.717, 1.165) is 0 Å². The molecule has 1 unspecified atom stereocenters. The summed E-state index contributed by atoms with van der Waals surface area (Å²) >= 11 is 0. The largest absolute Gasteiger partial charge is 0.359 e. The number of ether oxygens (including phenoxy) is 2. The van der Waals surface area contributed by atoms with Crippen LogP contribution in [0.25, 0.3) is 0 Å². The van der Waals surface area contributed by atoms with Crippen molar-refractivity contribution < 1.29 is 23.6 Å². The van der Waals surface area contributed by atoms with Gasteiger partial charge in [-0.2, -0.15) is 0 Å². The zero-order valence-corrected chi connectivity index (χ0v) is 16.4. The van der Waals surface area contributed by atoms with E-state index in [2.05, 4.69) is 15.5 Å². The average Bonchev–Trinajstić information content (AvgIpc) is 3.06. The second kappa shape index (κ2) is 7.80. The summed E-state index contributed by atoms with van der Waals surface area (Å²) in [5.74, 6) is -0.618. The minimum Gasteiger partial charge on any atom is -0.359 e. The van der Waals surface area contributed by atoms with Crippen LogP contribution in [0.2, 0.25) is 0 Å². The maximum Gasteiger partial charge on any atom is 0.322 e. The van der Waals surface area contributed by atoms with E-state index in [0.29, 0.717) is 49.0 Å². The van der Waals surface area contributed by atoms with Crippen LogP contribution in [0.1, 0.15) is 21.8 Å². The second-order valence-corrected chi connectivity index (χ2v) is 7.12. The molecule has 154 valence electrons. The standard InChI is InChI=1S/C19H23N5O5/c1-13-16(14(2)29-22-13)21-18(26)24-8-10-28-19(12-24)11-23(7-9-27-19)17(25)15-3-5-20-6-4-15/h3-6H,7-12H2,1-2H3,(H,21,26). The lowest BCUT2D eigenvalue weighted by molar-refractivity contribution is -0.281. The van der Waals surface area contributed by atoms with Crippen LogP contribution in [0.15, 0.2) is 29.0 Å². The van der Waals surface area contributed by atoms with E-state index in [1.165, 1.54) is 0 Å². The first-order chi connectivity index (χ1) is 14.0. The molecule has 2 aromatic rings. The van der Waals surface area contributed by atoms with E-state index in [-0.39, 0.29) is 25.0 Å². The van der Waals surface area contributed by atoms with Gasteiger partial charge in [0, 0.05) is 31.0 Å². The first-order valence-electron chi connectivity index (χ1n) is 9.43. The molecule has 2 fully saturated rings. The number of nitrogens with one attached hydrogen (secondary N) is 1. The number of hydrogen-bond donors (Lipinski definition) is 1. The predicted octanol–water partition coefficient (Wildman–Crippen LogP) is 1.42. The molecule has 1 N–H and O–H groups in total. The van der Waals surface area contributed by atoms with Gasteiger partial charge in [-0.15, -0.1) is 0 Å². The number of pyridine rings is 1. The molecule has 0 bridgehead atoms. The molecule has 1 atom stereocenters. The summed E-state index contributed by atoms with van der Waals surface area (Å²) < 4.78 is 16.9. The molecule has 3 amide bonds. The van der Waals surface area contributed by atoms with Gasteiger partial charge in [0.05, 0.1) is 26.3 Å². The Hall–Kier alpha value is -2.98. The third-order valence-corrected chi connectivity index (χ3v) is 5.08. The number of aromatic nitrogens is 2. The maximum absolute atomic E-state index is 12.8. The molecule has 2 saturated heterocycles. The minimum absolute atomic E-state index is 0.115. The van der Waals surface area contributed by atoms with Gasteiger partial charge in [-0.3, -0.25) is 9.78 Å². The molecule has 2 aliphatic rings. The fourth-order valence-corrected chi connectivity index (χ4v) is 3.57. The van der Waals surface area contributed by atoms with Crippen molar-refractivity contribution in [3.8, 4) is 0 Å². The van der Waals surface area contributed by atoms with Crippen LogP contribution in [-0.4, -0.2) is 77.1 Å². The van der Waals surface area contributed by atoms with Gasteiger partial charge >= 0.3 is 6.03 Å². The Morgan fingerprint density at radius 2 is 1.72 bits per heavy atom. The number of anilines is 1. The van der Waals surface area contributed by atoms with E-state index >= 15 is 0 Å². The Labute approximate surface area is 167 Å². The SMILES string of the molecule is Cc1noc(C)c1NC(=O)N1CCOC2(C1)CN(C(=O)c1ccncc1)CCO2. The lowest BCUT2D eigenvalue weighted by Gasteiger charge is -2.47. The normalized spacial score (nSPS) is 22.0. The number of nitrogens with zero attached hydrogens (tertiary/aromatic N) is 4. The van der Waals surface area contributed by atoms with E-state index in [1.54, 1.807) is 48.2 Å². The number of urea groups is 1. The topological polar surface area (TPSA) is 110 Å². The van der Waals surface area contributed by atoms with Crippen molar-refractivity contribution in [1.82, 2.24) is 19.9 Å². The van der Waals surface area contributed by atoms with Gasteiger partial charge in [-0.1, -0.05) is 5.16 Å². The second-order valence-electron chi connectivity index (χ2n) is 7.12. The monoisotopic (exact) mass is 401 g/mol. The van der Waals surface area contributed by atoms with Gasteiger partial charge in [-0.25, -0.2) is 4.79 Å². The Morgan fingerprint density at radius 3 is 2.38 bits per heavy atom. The van der Waals surface area contributed by atoms with Gasteiger partial charge < -0.3 is 29.1 Å². The zero-order chi connectivity index (χ0) is 20.4. The van der Waals surface area contributed by atoms with Gasteiger partial charge in [0.2, 0.25) is 5.79 Å². The molecule has 10 nitrogen and oxygen atoms in total. The molecule has 0 saturated carbocycles. The van der Waals surface area contributed by atoms with Crippen LogP contribution in [0.4, 0.5) is 10.5 Å². The van der Waals surface area contributed by atoms with Gasteiger partial charge in [-0.05, 0) is 26.0 Å². The third-order valence-electron chi connectivity index (χ3n) is 5.08. The highest BCUT2D eigenvalue weighted by Crippen LogP contribution is 2.27. The first-order valence-corrected chi connectivity index (χ1v) is 9.43. The van der Waals surface area contributed by atoms with Crippen molar-refractivity contribution >= 4 is 17.6 Å². The number of aryl methyl sites for hydroxylation is 2. The molecule has 0 aromatic carbocycles. The Balaban J connectivity index is 1.45. The van der Waals surface area contributed by atoms with Gasteiger partial charge in [0.1, 0.15) is 11.4 Å². The van der Waals surface area contributed by atoms with Crippen LogP contribution in [0, 0.1) is 13.8 Å². The molecular formula is C19H23N5O5. The minimum atomic E-state index is -1.05. The lowest BCUT2D eigenvalue weighted by Crippen LogP contribution is -2.64. The number of hydrogen-bond acceptors (Lipinski definition) is 7. The summed E-state index contributed by atoms with van der Waals surface area (Å²) in [6.07, 6.45) is 3.17. The van der Waals surface area contributed by atoms with Crippen LogP contribution >= 0.6 is 0 Å². The Morgan fingerprint density at radius 1 is 1.07 bits per heavy atom. The van der Waals surface area contributed by atoms with Gasteiger partial charge in [0.15, 0.2) is 5.76 Å². The van der Waals surface area contributed by atoms with Crippen molar-refractivity contribution in [2.75, 3.05) is 44.7 Å². The van der Waals surface area contributed by atoms with E-state index < -0.39 is 5.79 Å². The highest BCUT2D eigenvalue weighted by Gasteiger charge is 2.44. The smallest absolute Gasteiger partial charge is 0.322 e. The summed E-state index contributed by atoms with van der Waals surface area (Å²) in [6.45, 7) is 5.47. The summed E-state index contributed by atoms with van der Waals surface area (Å²) in [7, 11) is 0. The Kier molecular flexibility index (Phi) is 5.20. The summed E-state index contributed by atoms with van der Waals surface area (Å²) in [5.41, 5.74) is 1.73. The third kappa shape index (κ3) is 3.94. The molecule has 0 radical (unpaired) electrons. The highest BCUT2D eigenvalue weighted by atomic mass is 16.7. The number of amides is 3. The summed E-state index contributed by atoms with van der Waals surface area (Å²) in [6, 6.07) is 3.06. The van der Waals surface area contributed by atoms with Gasteiger partial charge in [0.25, 0.3) is 5.91 Å². The number of carbonyl (C=O) groups excluding carboxylic acids is 2. The van der Waals surface area contributed by atoms with Crippen LogP contribution in [-0.2, 0) is 9.47 Å². The molecule has 29 heavy (non-hydrogen) atoms. The van der Waals surface area contributed by atoms with Crippen molar-refractivity contribution in [1.29, 1.82) is 0 Å². The van der Waals surface area contributed by atoms with Crippen LogP contribution in [0.5, 0.6) is 0 Å². The number of carbonyl (C=O) groups is 2. The fraction of sp³-hybridized carbons (Fsp3) is 0.474. The van der Waals surface area contributed by atoms with Crippen molar-refractivity contribution in [3.63, 3.8) is 0 Å². The molecule has 2 aliphatic heterocycles. The molecule has 2 aromatic heterocycles. The Bertz CT molecular complexity index is 878. The maximum atomic E-state index is 12.8. The molecular weight excluding hydrogens is 378 g/mol. The first kappa shape index (κ1) is 19.3. The van der Waals surface area contributed by atoms with E-state index in [9.17, 15) is 9.59 Å². The van der Waals surface area contributed by atoms with Crippen molar-refractivity contribution in [3.05, 3.63) is 41.5 Å². The van der Waals surface area contributed by atoms with Crippen molar-refractivity contribution in [2.24, 2.45) is 0 Å². The van der Waals surface area contributed by atoms with Crippen molar-refractivity contribution in [2.45, 2.75) is 19.6 Å². The highest BCUT2D eigenvalue weighted by molar-refractivity contribution is 5.94. The predicted molar refractivity (Wildman–Crippen MR) is 101 cm³/mol. The average molecular weight is 401 g/mol. The fourth-order valence-electron chi connectivity index (χ4n) is 3.57. The molecule has 1 spiro atoms. The molecule has 4 heterocycles. The van der Waals surface area contributed by atoms with Crippen LogP contribution in [0.3, 0.4) is 0 Å². The number of rotatable bonds is 2. The summed E-state index contributed by atoms with van der Waals surface area (Å²) in [5, 5.41) is 6.69. The van der Waals surface area contributed by atoms with E-state index in [4.69, 9.17) is 14.0 Å². The van der Waals surface area contributed by atoms with E-state index in [1.807, 2.05) is 0 Å². The lowest BCUT2D eigenvalue weighted by atomic mass is 10.1. The molecule has 0 aliphatic carbocycles. The summed E-state index contributed by atoms with van der Waals surface area (Å²) in [4.78, 5) is 32.8. The molecule has 10 heteroatoms. The zero-order valence-electron chi connectivity index (χ0n) is 16.4. The number of morpholine rings is 2. The van der Waals surface area contributed by atoms with Crippen LogP contribution < -0.4 is 5.32 Å². The quantitative estimate of drug-likeness (QED) is 0.810. The molecule has 4 rings (SSSR count).